The Morgan fingerprint density at radius 2 is 1.53 bits per heavy atom. The minimum Gasteiger partial charge on any atom is -0.493 e. The Morgan fingerprint density at radius 1 is 0.868 bits per heavy atom. The third kappa shape index (κ3) is 4.95. The Labute approximate surface area is 221 Å². The standard InChI is InChI=1S/C28H28N2O7S/c1-18-12-19(2)14-20(13-18)30(38(33,34)21-10-11-25(35-3)26(15-21)36-4)17-27(31)29-16-23(28(32)37-5)22-8-6-7-9-24(22)29/h6-16H,17H2,1-5H3. The van der Waals surface area contributed by atoms with Crippen LogP contribution in [0.3, 0.4) is 0 Å². The van der Waals surface area contributed by atoms with E-state index in [4.69, 9.17) is 14.2 Å². The van der Waals surface area contributed by atoms with Crippen LogP contribution in [0, 0.1) is 13.8 Å². The van der Waals surface area contributed by atoms with Crippen molar-refractivity contribution in [3.05, 3.63) is 83.6 Å². The molecule has 4 aromatic rings. The number of carbonyl (C=O) groups is 2. The normalized spacial score (nSPS) is 11.3. The van der Waals surface area contributed by atoms with Crippen molar-refractivity contribution in [3.63, 3.8) is 0 Å². The molecule has 0 fully saturated rings. The number of anilines is 1. The number of rotatable bonds is 8. The Balaban J connectivity index is 1.85. The maximum atomic E-state index is 14.0. The fourth-order valence-corrected chi connectivity index (χ4v) is 5.79. The zero-order valence-corrected chi connectivity index (χ0v) is 22.5. The molecular formula is C28H28N2O7S. The SMILES string of the molecule is COC(=O)c1cn(C(=O)CN(c2cc(C)cc(C)c2)S(=O)(=O)c2ccc(OC)c(OC)c2)c2ccccc12. The van der Waals surface area contributed by atoms with E-state index in [-0.39, 0.29) is 16.2 Å². The predicted molar refractivity (Wildman–Crippen MR) is 144 cm³/mol. The molecule has 0 aliphatic carbocycles. The number of carbonyl (C=O) groups excluding carboxylic acids is 2. The Hall–Kier alpha value is -4.31. The van der Waals surface area contributed by atoms with Gasteiger partial charge in [-0.25, -0.2) is 13.2 Å². The zero-order chi connectivity index (χ0) is 27.6. The molecule has 0 radical (unpaired) electrons. The van der Waals surface area contributed by atoms with E-state index < -0.39 is 28.4 Å². The van der Waals surface area contributed by atoms with Gasteiger partial charge in [-0.2, -0.15) is 0 Å². The highest BCUT2D eigenvalue weighted by atomic mass is 32.2. The minimum absolute atomic E-state index is 0.0743. The molecular weight excluding hydrogens is 508 g/mol. The van der Waals surface area contributed by atoms with E-state index in [0.29, 0.717) is 22.3 Å². The summed E-state index contributed by atoms with van der Waals surface area (Å²) < 4.78 is 45.8. The van der Waals surface area contributed by atoms with Crippen LogP contribution in [-0.4, -0.2) is 52.7 Å². The number of aryl methyl sites for hydroxylation is 2. The van der Waals surface area contributed by atoms with Gasteiger partial charge in [-0.05, 0) is 55.3 Å². The van der Waals surface area contributed by atoms with Gasteiger partial charge in [-0.15, -0.1) is 0 Å². The molecule has 0 atom stereocenters. The van der Waals surface area contributed by atoms with E-state index >= 15 is 0 Å². The Kier molecular flexibility index (Phi) is 7.45. The molecule has 4 rings (SSSR count). The third-order valence-corrected chi connectivity index (χ3v) is 7.87. The zero-order valence-electron chi connectivity index (χ0n) is 21.7. The highest BCUT2D eigenvalue weighted by molar-refractivity contribution is 7.92. The summed E-state index contributed by atoms with van der Waals surface area (Å²) in [5, 5.41) is 0.522. The molecule has 198 valence electrons. The number of para-hydroxylation sites is 1. The molecule has 1 heterocycles. The first kappa shape index (κ1) is 26.7. The van der Waals surface area contributed by atoms with Crippen LogP contribution < -0.4 is 13.8 Å². The second kappa shape index (κ2) is 10.6. The number of methoxy groups -OCH3 is 3. The second-order valence-electron chi connectivity index (χ2n) is 8.69. The molecule has 0 bridgehead atoms. The molecule has 0 aliphatic heterocycles. The largest absolute Gasteiger partial charge is 0.493 e. The highest BCUT2D eigenvalue weighted by Gasteiger charge is 2.30. The van der Waals surface area contributed by atoms with Gasteiger partial charge in [-0.1, -0.05) is 24.3 Å². The number of aromatic nitrogens is 1. The van der Waals surface area contributed by atoms with Crippen molar-refractivity contribution >= 4 is 38.5 Å². The van der Waals surface area contributed by atoms with Crippen LogP contribution in [0.2, 0.25) is 0 Å². The number of esters is 1. The smallest absolute Gasteiger partial charge is 0.340 e. The number of sulfonamides is 1. The summed E-state index contributed by atoms with van der Waals surface area (Å²) in [4.78, 5) is 26.0. The summed E-state index contributed by atoms with van der Waals surface area (Å²) in [6.07, 6.45) is 1.38. The van der Waals surface area contributed by atoms with E-state index in [9.17, 15) is 18.0 Å². The van der Waals surface area contributed by atoms with Gasteiger partial charge in [0.15, 0.2) is 11.5 Å². The number of hydrogen-bond donors (Lipinski definition) is 0. The van der Waals surface area contributed by atoms with Crippen molar-refractivity contribution in [2.75, 3.05) is 32.2 Å². The van der Waals surface area contributed by atoms with Crippen LogP contribution in [0.5, 0.6) is 11.5 Å². The molecule has 0 amide bonds. The van der Waals surface area contributed by atoms with Gasteiger partial charge >= 0.3 is 5.97 Å². The summed E-state index contributed by atoms with van der Waals surface area (Å²) in [7, 11) is -0.119. The molecule has 0 unspecified atom stereocenters. The predicted octanol–water partition coefficient (Wildman–Crippen LogP) is 4.60. The van der Waals surface area contributed by atoms with Crippen LogP contribution in [0.1, 0.15) is 26.3 Å². The second-order valence-corrected chi connectivity index (χ2v) is 10.6. The van der Waals surface area contributed by atoms with E-state index in [1.807, 2.05) is 19.9 Å². The van der Waals surface area contributed by atoms with E-state index in [1.54, 1.807) is 36.4 Å². The van der Waals surface area contributed by atoms with E-state index in [2.05, 4.69) is 0 Å². The highest BCUT2D eigenvalue weighted by Crippen LogP contribution is 2.33. The van der Waals surface area contributed by atoms with Crippen LogP contribution in [0.4, 0.5) is 5.69 Å². The van der Waals surface area contributed by atoms with Gasteiger partial charge in [0, 0.05) is 17.6 Å². The molecule has 9 nitrogen and oxygen atoms in total. The van der Waals surface area contributed by atoms with Gasteiger partial charge < -0.3 is 14.2 Å². The molecule has 3 aromatic carbocycles. The molecule has 1 aromatic heterocycles. The van der Waals surface area contributed by atoms with Crippen LogP contribution in [0.15, 0.2) is 71.8 Å². The summed E-state index contributed by atoms with van der Waals surface area (Å²) >= 11 is 0. The van der Waals surface area contributed by atoms with Gasteiger partial charge in [0.2, 0.25) is 0 Å². The Morgan fingerprint density at radius 3 is 2.16 bits per heavy atom. The number of nitrogens with zero attached hydrogens (tertiary/aromatic N) is 2. The number of fused-ring (bicyclic) bond motifs is 1. The molecule has 0 aliphatic rings. The first-order valence-corrected chi connectivity index (χ1v) is 13.1. The first-order valence-electron chi connectivity index (χ1n) is 11.7. The molecule has 0 saturated heterocycles. The minimum atomic E-state index is -4.24. The monoisotopic (exact) mass is 536 g/mol. The Bertz CT molecular complexity index is 1620. The lowest BCUT2D eigenvalue weighted by Gasteiger charge is -2.25. The molecule has 0 spiro atoms. The maximum Gasteiger partial charge on any atom is 0.340 e. The van der Waals surface area contributed by atoms with Crippen molar-refractivity contribution in [1.29, 1.82) is 0 Å². The third-order valence-electron chi connectivity index (χ3n) is 6.10. The summed E-state index contributed by atoms with van der Waals surface area (Å²) in [6.45, 7) is 3.17. The molecule has 0 saturated carbocycles. The molecule has 0 N–H and O–H groups in total. The summed E-state index contributed by atoms with van der Waals surface area (Å²) in [5.41, 5.74) is 2.66. The summed E-state index contributed by atoms with van der Waals surface area (Å²) in [6, 6.07) is 16.4. The quantitative estimate of drug-likeness (QED) is 0.303. The maximum absolute atomic E-state index is 14.0. The average Bonchev–Trinajstić information content (AvgIpc) is 3.30. The average molecular weight is 537 g/mol. The van der Waals surface area contributed by atoms with Gasteiger partial charge in [-0.3, -0.25) is 13.7 Å². The van der Waals surface area contributed by atoms with Crippen LogP contribution >= 0.6 is 0 Å². The molecule has 10 heteroatoms. The van der Waals surface area contributed by atoms with E-state index in [0.717, 1.165) is 15.4 Å². The van der Waals surface area contributed by atoms with Gasteiger partial charge in [0.05, 0.1) is 43.0 Å². The topological polar surface area (TPSA) is 104 Å². The van der Waals surface area contributed by atoms with Gasteiger partial charge in [0.1, 0.15) is 6.54 Å². The van der Waals surface area contributed by atoms with Crippen molar-refractivity contribution in [2.24, 2.45) is 0 Å². The lowest BCUT2D eigenvalue weighted by atomic mass is 10.1. The van der Waals surface area contributed by atoms with Crippen molar-refractivity contribution in [2.45, 2.75) is 18.7 Å². The number of benzene rings is 3. The van der Waals surface area contributed by atoms with Crippen molar-refractivity contribution in [3.8, 4) is 11.5 Å². The van der Waals surface area contributed by atoms with Crippen LogP contribution in [0.25, 0.3) is 10.9 Å². The fraction of sp³-hybridized carbons (Fsp3) is 0.214. The number of ether oxygens (including phenoxy) is 3. The first-order chi connectivity index (χ1) is 18.1. The fourth-order valence-electron chi connectivity index (χ4n) is 4.37. The number of hydrogen-bond acceptors (Lipinski definition) is 7. The van der Waals surface area contributed by atoms with Crippen molar-refractivity contribution in [1.82, 2.24) is 4.57 Å². The van der Waals surface area contributed by atoms with Gasteiger partial charge in [0.25, 0.3) is 15.9 Å². The molecule has 38 heavy (non-hydrogen) atoms. The lowest BCUT2D eigenvalue weighted by molar-refractivity contribution is 0.0603. The van der Waals surface area contributed by atoms with E-state index in [1.165, 1.54) is 50.3 Å². The van der Waals surface area contributed by atoms with Crippen molar-refractivity contribution < 1.29 is 32.2 Å². The lowest BCUT2D eigenvalue weighted by Crippen LogP contribution is -2.37. The summed E-state index contributed by atoms with van der Waals surface area (Å²) in [5.74, 6) is -0.551. The van der Waals surface area contributed by atoms with Crippen LogP contribution in [-0.2, 0) is 14.8 Å².